The molecule has 0 aliphatic carbocycles. The number of benzene rings is 1. The molecule has 3 rings (SSSR count). The van der Waals surface area contributed by atoms with Crippen LogP contribution in [0.15, 0.2) is 42.6 Å². The van der Waals surface area contributed by atoms with E-state index in [0.717, 1.165) is 49.7 Å². The highest BCUT2D eigenvalue weighted by Crippen LogP contribution is 2.29. The molecule has 1 aliphatic heterocycles. The maximum atomic E-state index is 11.3. The first-order chi connectivity index (χ1) is 11.1. The van der Waals surface area contributed by atoms with Gasteiger partial charge in [0.05, 0.1) is 10.6 Å². The Labute approximate surface area is 135 Å². The Morgan fingerprint density at radius 2 is 1.96 bits per heavy atom. The third-order valence-electron chi connectivity index (χ3n) is 4.15. The minimum absolute atomic E-state index is 0.197. The summed E-state index contributed by atoms with van der Waals surface area (Å²) in [5.41, 5.74) is 2.89. The number of rotatable bonds is 4. The zero-order valence-corrected chi connectivity index (χ0v) is 13.2. The number of nitro groups is 1. The highest BCUT2D eigenvalue weighted by atomic mass is 16.6. The lowest BCUT2D eigenvalue weighted by Gasteiger charge is -2.35. The van der Waals surface area contributed by atoms with E-state index in [9.17, 15) is 10.1 Å². The molecule has 23 heavy (non-hydrogen) atoms. The van der Waals surface area contributed by atoms with Crippen molar-refractivity contribution in [3.8, 4) is 0 Å². The second-order valence-electron chi connectivity index (χ2n) is 5.83. The van der Waals surface area contributed by atoms with Gasteiger partial charge in [-0.25, -0.2) is 0 Å². The van der Waals surface area contributed by atoms with Crippen molar-refractivity contribution in [1.82, 2.24) is 9.88 Å². The van der Waals surface area contributed by atoms with Gasteiger partial charge in [-0.05, 0) is 30.7 Å². The van der Waals surface area contributed by atoms with E-state index in [0.29, 0.717) is 0 Å². The number of aromatic nitrogens is 1. The zero-order chi connectivity index (χ0) is 16.2. The van der Waals surface area contributed by atoms with Gasteiger partial charge in [-0.2, -0.15) is 0 Å². The van der Waals surface area contributed by atoms with Crippen molar-refractivity contribution in [3.63, 3.8) is 0 Å². The highest BCUT2D eigenvalue weighted by Gasteiger charge is 2.23. The smallest absolute Gasteiger partial charge is 0.292 e. The molecule has 6 nitrogen and oxygen atoms in total. The van der Waals surface area contributed by atoms with Crippen LogP contribution in [-0.4, -0.2) is 41.0 Å². The average molecular weight is 312 g/mol. The maximum Gasteiger partial charge on any atom is 0.292 e. The predicted molar refractivity (Wildman–Crippen MR) is 89.6 cm³/mol. The zero-order valence-electron chi connectivity index (χ0n) is 13.2. The molecule has 120 valence electrons. The number of nitro benzene ring substituents is 1. The predicted octanol–water partition coefficient (Wildman–Crippen LogP) is 2.62. The van der Waals surface area contributed by atoms with Gasteiger partial charge in [0, 0.05) is 45.0 Å². The van der Waals surface area contributed by atoms with Crippen LogP contribution in [0, 0.1) is 17.0 Å². The van der Waals surface area contributed by atoms with E-state index in [1.165, 1.54) is 0 Å². The molecule has 0 amide bonds. The number of hydrogen-bond acceptors (Lipinski definition) is 5. The van der Waals surface area contributed by atoms with Gasteiger partial charge in [0.1, 0.15) is 5.69 Å². The van der Waals surface area contributed by atoms with Gasteiger partial charge in [-0.1, -0.05) is 12.1 Å². The van der Waals surface area contributed by atoms with E-state index < -0.39 is 0 Å². The second-order valence-corrected chi connectivity index (χ2v) is 5.83. The number of anilines is 1. The van der Waals surface area contributed by atoms with E-state index in [2.05, 4.69) is 14.8 Å². The van der Waals surface area contributed by atoms with Gasteiger partial charge in [0.2, 0.25) is 0 Å². The molecule has 0 atom stereocenters. The molecular weight excluding hydrogens is 292 g/mol. The van der Waals surface area contributed by atoms with Crippen molar-refractivity contribution in [2.45, 2.75) is 13.5 Å². The fraction of sp³-hybridized carbons (Fsp3) is 0.353. The second kappa shape index (κ2) is 6.75. The summed E-state index contributed by atoms with van der Waals surface area (Å²) in [6.45, 7) is 6.03. The topological polar surface area (TPSA) is 62.5 Å². The summed E-state index contributed by atoms with van der Waals surface area (Å²) in [7, 11) is 0. The van der Waals surface area contributed by atoms with Crippen LogP contribution < -0.4 is 4.90 Å². The summed E-state index contributed by atoms with van der Waals surface area (Å²) in [6, 6.07) is 11.4. The Morgan fingerprint density at radius 1 is 1.17 bits per heavy atom. The number of nitrogens with zero attached hydrogens (tertiary/aromatic N) is 4. The number of hydrogen-bond donors (Lipinski definition) is 0. The van der Waals surface area contributed by atoms with Gasteiger partial charge in [-0.3, -0.25) is 20.0 Å². The van der Waals surface area contributed by atoms with E-state index in [1.807, 2.05) is 37.3 Å². The largest absolute Gasteiger partial charge is 0.363 e. The van der Waals surface area contributed by atoms with Gasteiger partial charge in [0.15, 0.2) is 0 Å². The summed E-state index contributed by atoms with van der Waals surface area (Å²) in [6.07, 6.45) is 1.81. The molecule has 6 heteroatoms. The molecule has 1 aromatic carbocycles. The maximum absolute atomic E-state index is 11.3. The molecule has 0 spiro atoms. The number of pyridine rings is 1. The summed E-state index contributed by atoms with van der Waals surface area (Å²) < 4.78 is 0. The Bertz CT molecular complexity index is 682. The van der Waals surface area contributed by atoms with Gasteiger partial charge >= 0.3 is 0 Å². The summed E-state index contributed by atoms with van der Waals surface area (Å²) in [5.74, 6) is 0. The van der Waals surface area contributed by atoms with Crippen molar-refractivity contribution in [3.05, 3.63) is 64.0 Å². The van der Waals surface area contributed by atoms with Crippen LogP contribution in [0.1, 0.15) is 11.3 Å². The molecule has 1 aliphatic rings. The molecule has 2 heterocycles. The van der Waals surface area contributed by atoms with E-state index >= 15 is 0 Å². The van der Waals surface area contributed by atoms with Gasteiger partial charge in [0.25, 0.3) is 5.69 Å². The number of piperazine rings is 1. The quantitative estimate of drug-likeness (QED) is 0.641. The van der Waals surface area contributed by atoms with Crippen LogP contribution in [0.3, 0.4) is 0 Å². The van der Waals surface area contributed by atoms with Gasteiger partial charge in [-0.15, -0.1) is 0 Å². The van der Waals surface area contributed by atoms with Crippen LogP contribution >= 0.6 is 0 Å². The fourth-order valence-corrected chi connectivity index (χ4v) is 2.91. The lowest BCUT2D eigenvalue weighted by Crippen LogP contribution is -2.46. The molecule has 2 aromatic rings. The fourth-order valence-electron chi connectivity index (χ4n) is 2.91. The minimum Gasteiger partial charge on any atom is -0.363 e. The summed E-state index contributed by atoms with van der Waals surface area (Å²) >= 11 is 0. The monoisotopic (exact) mass is 312 g/mol. The molecule has 1 aromatic heterocycles. The van der Waals surface area contributed by atoms with Crippen molar-refractivity contribution >= 4 is 11.4 Å². The van der Waals surface area contributed by atoms with E-state index in [1.54, 1.807) is 12.3 Å². The Kier molecular flexibility index (Phi) is 4.52. The Morgan fingerprint density at radius 3 is 2.61 bits per heavy atom. The molecule has 0 N–H and O–H groups in total. The lowest BCUT2D eigenvalue weighted by atomic mass is 10.1. The van der Waals surface area contributed by atoms with Crippen LogP contribution in [-0.2, 0) is 6.54 Å². The van der Waals surface area contributed by atoms with Crippen molar-refractivity contribution in [2.75, 3.05) is 31.1 Å². The SMILES string of the molecule is Cc1ccc(N2CCN(Cc3ccccn3)CC2)c([N+](=O)[O-])c1. The molecule has 1 fully saturated rings. The third kappa shape index (κ3) is 3.65. The highest BCUT2D eigenvalue weighted by molar-refractivity contribution is 5.64. The van der Waals surface area contributed by atoms with Crippen LogP contribution in [0.4, 0.5) is 11.4 Å². The Balaban J connectivity index is 1.66. The molecule has 0 saturated carbocycles. The summed E-state index contributed by atoms with van der Waals surface area (Å²) in [5, 5.41) is 11.3. The lowest BCUT2D eigenvalue weighted by molar-refractivity contribution is -0.384. The standard InChI is InChI=1S/C17H20N4O2/c1-14-5-6-16(17(12-14)21(22)23)20-10-8-19(9-11-20)13-15-4-2-3-7-18-15/h2-7,12H,8-11,13H2,1H3. The molecular formula is C17H20N4O2. The van der Waals surface area contributed by atoms with E-state index in [4.69, 9.17) is 0 Å². The third-order valence-corrected chi connectivity index (χ3v) is 4.15. The normalized spacial score (nSPS) is 15.6. The molecule has 0 bridgehead atoms. The molecule has 1 saturated heterocycles. The van der Waals surface area contributed by atoms with Crippen molar-refractivity contribution < 1.29 is 4.92 Å². The van der Waals surface area contributed by atoms with Crippen LogP contribution in [0.2, 0.25) is 0 Å². The first kappa shape index (κ1) is 15.4. The molecule has 0 unspecified atom stereocenters. The van der Waals surface area contributed by atoms with Crippen LogP contribution in [0.25, 0.3) is 0 Å². The summed E-state index contributed by atoms with van der Waals surface area (Å²) in [4.78, 5) is 19.8. The van der Waals surface area contributed by atoms with Crippen LogP contribution in [0.5, 0.6) is 0 Å². The molecule has 0 radical (unpaired) electrons. The van der Waals surface area contributed by atoms with Crippen molar-refractivity contribution in [1.29, 1.82) is 0 Å². The van der Waals surface area contributed by atoms with Crippen molar-refractivity contribution in [2.24, 2.45) is 0 Å². The minimum atomic E-state index is -0.289. The first-order valence-electron chi connectivity index (χ1n) is 7.76. The van der Waals surface area contributed by atoms with Gasteiger partial charge < -0.3 is 4.90 Å². The average Bonchev–Trinajstić information content (AvgIpc) is 2.56. The Hall–Kier alpha value is -2.47. The van der Waals surface area contributed by atoms with E-state index in [-0.39, 0.29) is 10.6 Å². The first-order valence-corrected chi connectivity index (χ1v) is 7.76. The number of aryl methyl sites for hydroxylation is 1.